The van der Waals surface area contributed by atoms with Crippen LogP contribution in [0.25, 0.3) is 0 Å². The van der Waals surface area contributed by atoms with Crippen LogP contribution in [0.2, 0.25) is 0 Å². The molecule has 1 aromatic heterocycles. The largest absolute Gasteiger partial charge is 0.397 e. The van der Waals surface area contributed by atoms with Gasteiger partial charge in [0.1, 0.15) is 0 Å². The zero-order valence-electron chi connectivity index (χ0n) is 10.2. The second kappa shape index (κ2) is 4.73. The Labute approximate surface area is 97.7 Å². The van der Waals surface area contributed by atoms with Gasteiger partial charge in [0.25, 0.3) is 0 Å². The third kappa shape index (κ3) is 2.29. The van der Waals surface area contributed by atoms with Crippen LogP contribution in [0, 0.1) is 5.92 Å². The van der Waals surface area contributed by atoms with E-state index in [-0.39, 0.29) is 0 Å². The van der Waals surface area contributed by atoms with Crippen molar-refractivity contribution in [2.45, 2.75) is 38.6 Å². The Balaban J connectivity index is 2.14. The van der Waals surface area contributed by atoms with Crippen LogP contribution >= 0.6 is 0 Å². The van der Waals surface area contributed by atoms with Crippen molar-refractivity contribution >= 4 is 11.4 Å². The Hall–Kier alpha value is -1.25. The fourth-order valence-electron chi connectivity index (χ4n) is 2.70. The van der Waals surface area contributed by atoms with Gasteiger partial charge in [-0.25, -0.2) is 0 Å². The quantitative estimate of drug-likeness (QED) is 0.831. The molecule has 0 spiro atoms. The molecule has 0 amide bonds. The lowest BCUT2D eigenvalue weighted by atomic mass is 9.85. The number of pyridine rings is 1. The molecule has 1 aliphatic rings. The molecule has 2 N–H and O–H groups in total. The molecule has 2 rings (SSSR count). The van der Waals surface area contributed by atoms with Gasteiger partial charge in [-0.1, -0.05) is 19.8 Å². The Bertz CT molecular complexity index is 351. The molecular formula is C13H21N3. The van der Waals surface area contributed by atoms with E-state index in [1.165, 1.54) is 25.7 Å². The number of nitrogens with zero attached hydrogens (tertiary/aromatic N) is 2. The Morgan fingerprint density at radius 2 is 2.06 bits per heavy atom. The zero-order chi connectivity index (χ0) is 11.5. The molecule has 16 heavy (non-hydrogen) atoms. The molecule has 1 heterocycles. The number of aromatic nitrogens is 1. The lowest BCUT2D eigenvalue weighted by molar-refractivity contribution is 0.321. The summed E-state index contributed by atoms with van der Waals surface area (Å²) in [6.45, 7) is 2.35. The minimum absolute atomic E-state index is 0.636. The summed E-state index contributed by atoms with van der Waals surface area (Å²) in [6, 6.07) is 2.64. The molecule has 1 fully saturated rings. The van der Waals surface area contributed by atoms with Crippen molar-refractivity contribution in [1.29, 1.82) is 0 Å². The van der Waals surface area contributed by atoms with Crippen LogP contribution in [0.4, 0.5) is 11.4 Å². The first-order valence-electron chi connectivity index (χ1n) is 6.12. The summed E-state index contributed by atoms with van der Waals surface area (Å²) < 4.78 is 0. The highest BCUT2D eigenvalue weighted by Gasteiger charge is 2.25. The average Bonchev–Trinajstić information content (AvgIpc) is 2.29. The van der Waals surface area contributed by atoms with Gasteiger partial charge in [0.2, 0.25) is 0 Å². The van der Waals surface area contributed by atoms with Crippen LogP contribution < -0.4 is 10.6 Å². The minimum atomic E-state index is 0.636. The molecule has 0 radical (unpaired) electrons. The fourth-order valence-corrected chi connectivity index (χ4v) is 2.70. The van der Waals surface area contributed by atoms with Gasteiger partial charge >= 0.3 is 0 Å². The molecule has 3 heteroatoms. The van der Waals surface area contributed by atoms with E-state index >= 15 is 0 Å². The van der Waals surface area contributed by atoms with Crippen molar-refractivity contribution < 1.29 is 0 Å². The zero-order valence-corrected chi connectivity index (χ0v) is 10.2. The second-order valence-electron chi connectivity index (χ2n) is 4.92. The second-order valence-corrected chi connectivity index (χ2v) is 4.92. The summed E-state index contributed by atoms with van der Waals surface area (Å²) in [5, 5.41) is 0. The van der Waals surface area contributed by atoms with Crippen LogP contribution in [0.1, 0.15) is 32.6 Å². The molecule has 88 valence electrons. The SMILES string of the molecule is CC1CCCCC1N(C)c1cncc(N)c1. The van der Waals surface area contributed by atoms with E-state index in [4.69, 9.17) is 5.73 Å². The van der Waals surface area contributed by atoms with E-state index < -0.39 is 0 Å². The van der Waals surface area contributed by atoms with Crippen molar-refractivity contribution in [3.8, 4) is 0 Å². The molecule has 0 aromatic carbocycles. The van der Waals surface area contributed by atoms with Crippen molar-refractivity contribution in [2.24, 2.45) is 5.92 Å². The van der Waals surface area contributed by atoms with Crippen molar-refractivity contribution in [1.82, 2.24) is 4.98 Å². The lowest BCUT2D eigenvalue weighted by Gasteiger charge is -2.37. The maximum atomic E-state index is 5.77. The summed E-state index contributed by atoms with van der Waals surface area (Å²) >= 11 is 0. The third-order valence-electron chi connectivity index (χ3n) is 3.72. The summed E-state index contributed by atoms with van der Waals surface area (Å²) in [5.41, 5.74) is 7.65. The highest BCUT2D eigenvalue weighted by molar-refractivity contribution is 5.53. The molecule has 0 saturated heterocycles. The maximum Gasteiger partial charge on any atom is 0.0573 e. The molecular weight excluding hydrogens is 198 g/mol. The molecule has 0 aliphatic heterocycles. The van der Waals surface area contributed by atoms with Gasteiger partial charge in [-0.05, 0) is 24.8 Å². The van der Waals surface area contributed by atoms with Gasteiger partial charge in [0.15, 0.2) is 0 Å². The first-order chi connectivity index (χ1) is 7.68. The molecule has 2 unspecified atom stereocenters. The van der Waals surface area contributed by atoms with E-state index in [9.17, 15) is 0 Å². The van der Waals surface area contributed by atoms with Gasteiger partial charge in [-0.15, -0.1) is 0 Å². The first-order valence-corrected chi connectivity index (χ1v) is 6.12. The maximum absolute atomic E-state index is 5.77. The molecule has 1 aromatic rings. The smallest absolute Gasteiger partial charge is 0.0573 e. The molecule has 2 atom stereocenters. The summed E-state index contributed by atoms with van der Waals surface area (Å²) in [7, 11) is 2.16. The average molecular weight is 219 g/mol. The highest BCUT2D eigenvalue weighted by Crippen LogP contribution is 2.30. The van der Waals surface area contributed by atoms with Crippen LogP contribution in [-0.4, -0.2) is 18.1 Å². The fraction of sp³-hybridized carbons (Fsp3) is 0.615. The van der Waals surface area contributed by atoms with Crippen LogP contribution in [0.3, 0.4) is 0 Å². The van der Waals surface area contributed by atoms with Crippen molar-refractivity contribution in [3.05, 3.63) is 18.5 Å². The van der Waals surface area contributed by atoms with Crippen LogP contribution in [0.15, 0.2) is 18.5 Å². The Kier molecular flexibility index (Phi) is 3.32. The topological polar surface area (TPSA) is 42.2 Å². The van der Waals surface area contributed by atoms with E-state index in [1.54, 1.807) is 6.20 Å². The van der Waals surface area contributed by atoms with Crippen LogP contribution in [0.5, 0.6) is 0 Å². The third-order valence-corrected chi connectivity index (χ3v) is 3.72. The molecule has 1 saturated carbocycles. The Morgan fingerprint density at radius 1 is 1.31 bits per heavy atom. The van der Waals surface area contributed by atoms with Gasteiger partial charge in [-0.2, -0.15) is 0 Å². The summed E-state index contributed by atoms with van der Waals surface area (Å²) in [6.07, 6.45) is 8.94. The van der Waals surface area contributed by atoms with Gasteiger partial charge in [0, 0.05) is 19.3 Å². The number of nitrogen functional groups attached to an aromatic ring is 1. The molecule has 0 bridgehead atoms. The number of hydrogen-bond donors (Lipinski definition) is 1. The van der Waals surface area contributed by atoms with E-state index in [0.717, 1.165) is 17.3 Å². The van der Waals surface area contributed by atoms with E-state index in [0.29, 0.717) is 6.04 Å². The number of nitrogens with two attached hydrogens (primary N) is 1. The van der Waals surface area contributed by atoms with Crippen LogP contribution in [-0.2, 0) is 0 Å². The highest BCUT2D eigenvalue weighted by atomic mass is 15.1. The monoisotopic (exact) mass is 219 g/mol. The number of hydrogen-bond acceptors (Lipinski definition) is 3. The summed E-state index contributed by atoms with van der Waals surface area (Å²) in [5.74, 6) is 0.764. The summed E-state index contributed by atoms with van der Waals surface area (Å²) in [4.78, 5) is 6.50. The first kappa shape index (κ1) is 11.2. The van der Waals surface area contributed by atoms with Gasteiger partial charge in [-0.3, -0.25) is 4.98 Å². The van der Waals surface area contributed by atoms with E-state index in [2.05, 4.69) is 23.9 Å². The standard InChI is InChI=1S/C13H21N3/c1-10-5-3-4-6-13(10)16(2)12-7-11(14)8-15-9-12/h7-10,13H,3-6,14H2,1-2H3. The Morgan fingerprint density at radius 3 is 2.75 bits per heavy atom. The number of rotatable bonds is 2. The predicted octanol–water partition coefficient (Wildman–Crippen LogP) is 2.68. The van der Waals surface area contributed by atoms with E-state index in [1.807, 2.05) is 12.3 Å². The molecule has 3 nitrogen and oxygen atoms in total. The normalized spacial score (nSPS) is 25.4. The van der Waals surface area contributed by atoms with Crippen molar-refractivity contribution in [2.75, 3.05) is 17.7 Å². The minimum Gasteiger partial charge on any atom is -0.397 e. The van der Waals surface area contributed by atoms with Gasteiger partial charge in [0.05, 0.1) is 17.6 Å². The lowest BCUT2D eigenvalue weighted by Crippen LogP contribution is -2.39. The molecule has 1 aliphatic carbocycles. The van der Waals surface area contributed by atoms with Crippen molar-refractivity contribution in [3.63, 3.8) is 0 Å². The van der Waals surface area contributed by atoms with Gasteiger partial charge < -0.3 is 10.6 Å². The number of anilines is 2. The predicted molar refractivity (Wildman–Crippen MR) is 68.5 cm³/mol.